The Morgan fingerprint density at radius 1 is 1.18 bits per heavy atom. The van der Waals surface area contributed by atoms with Crippen LogP contribution in [0.15, 0.2) is 48.5 Å². The highest BCUT2D eigenvalue weighted by molar-refractivity contribution is 6.08. The van der Waals surface area contributed by atoms with Gasteiger partial charge in [-0.25, -0.2) is 0 Å². The summed E-state index contributed by atoms with van der Waals surface area (Å²) < 4.78 is 6.36. The molecule has 2 aromatic carbocycles. The number of hydrogen-bond donors (Lipinski definition) is 2. The first kappa shape index (κ1) is 17.3. The first-order valence-corrected chi connectivity index (χ1v) is 10.0. The molecule has 2 heterocycles. The summed E-state index contributed by atoms with van der Waals surface area (Å²) in [6.45, 7) is 1.98. The zero-order chi connectivity index (χ0) is 19.3. The molecule has 144 valence electrons. The molecule has 5 nitrogen and oxygen atoms in total. The van der Waals surface area contributed by atoms with Crippen molar-refractivity contribution >= 4 is 17.5 Å². The Hall–Kier alpha value is -2.82. The number of rotatable bonds is 2. The van der Waals surface area contributed by atoms with Gasteiger partial charge in [-0.05, 0) is 49.1 Å². The van der Waals surface area contributed by atoms with E-state index < -0.39 is 11.6 Å². The maximum absolute atomic E-state index is 13.3. The third kappa shape index (κ3) is 2.60. The van der Waals surface area contributed by atoms with Crippen LogP contribution in [0.1, 0.15) is 42.7 Å². The average Bonchev–Trinajstić information content (AvgIpc) is 2.67. The van der Waals surface area contributed by atoms with E-state index in [1.165, 1.54) is 0 Å². The number of ether oxygens (including phenoxy) is 1. The lowest BCUT2D eigenvalue weighted by Crippen LogP contribution is -2.69. The van der Waals surface area contributed by atoms with Gasteiger partial charge in [0, 0.05) is 23.9 Å². The smallest absolute Gasteiger partial charge is 0.237 e. The standard InChI is InChI=1S/C23H24N2O3/c1-14-7-6-8-15(13-14)24-21(26)20-19-16-9-2-3-11-18(16)28-23(25-22(20)27)12-5-4-10-17(19)23/h2-3,6-9,11,13,17,19-20H,4-5,10,12H2,1H3,(H,24,26)(H,25,27)/t17-,19+,20-,23+/m1/s1. The van der Waals surface area contributed by atoms with Crippen LogP contribution in [0.4, 0.5) is 5.69 Å². The molecule has 2 amide bonds. The third-order valence-electron chi connectivity index (χ3n) is 6.46. The molecule has 1 saturated carbocycles. The number of anilines is 1. The molecule has 2 fully saturated rings. The second kappa shape index (κ2) is 6.36. The number of fused-ring (bicyclic) bond motifs is 2. The molecule has 2 N–H and O–H groups in total. The highest BCUT2D eigenvalue weighted by atomic mass is 16.5. The summed E-state index contributed by atoms with van der Waals surface area (Å²) in [5.41, 5.74) is 2.09. The molecule has 2 bridgehead atoms. The minimum absolute atomic E-state index is 0.113. The fourth-order valence-corrected chi connectivity index (χ4v) is 5.30. The van der Waals surface area contributed by atoms with Crippen molar-refractivity contribution in [2.45, 2.75) is 44.2 Å². The number of amides is 2. The van der Waals surface area contributed by atoms with Crippen LogP contribution in [0.25, 0.3) is 0 Å². The van der Waals surface area contributed by atoms with Crippen molar-refractivity contribution in [3.63, 3.8) is 0 Å². The SMILES string of the molecule is Cc1cccc(NC(=O)[C@@H]2C(=O)N[C@]34CCCC[C@@H]3[C@@H]2c2ccccc2O4)c1. The van der Waals surface area contributed by atoms with Crippen molar-refractivity contribution in [2.24, 2.45) is 11.8 Å². The van der Waals surface area contributed by atoms with Crippen molar-refractivity contribution in [1.29, 1.82) is 0 Å². The van der Waals surface area contributed by atoms with Gasteiger partial charge in [-0.1, -0.05) is 36.8 Å². The molecule has 2 aromatic rings. The summed E-state index contributed by atoms with van der Waals surface area (Å²) in [7, 11) is 0. The first-order chi connectivity index (χ1) is 13.6. The van der Waals surface area contributed by atoms with Crippen LogP contribution in [-0.2, 0) is 9.59 Å². The molecule has 5 rings (SSSR count). The van der Waals surface area contributed by atoms with Gasteiger partial charge in [-0.2, -0.15) is 0 Å². The van der Waals surface area contributed by atoms with Gasteiger partial charge in [0.05, 0.1) is 0 Å². The van der Waals surface area contributed by atoms with Crippen LogP contribution in [-0.4, -0.2) is 17.5 Å². The van der Waals surface area contributed by atoms with Crippen molar-refractivity contribution in [2.75, 3.05) is 5.32 Å². The number of carbonyl (C=O) groups is 2. The van der Waals surface area contributed by atoms with Crippen LogP contribution in [0.2, 0.25) is 0 Å². The van der Waals surface area contributed by atoms with E-state index in [0.717, 1.165) is 48.2 Å². The van der Waals surface area contributed by atoms with Crippen molar-refractivity contribution in [3.8, 4) is 5.75 Å². The molecule has 2 aliphatic heterocycles. The topological polar surface area (TPSA) is 67.4 Å². The zero-order valence-corrected chi connectivity index (χ0v) is 15.9. The molecule has 1 aliphatic carbocycles. The van der Waals surface area contributed by atoms with Crippen molar-refractivity contribution < 1.29 is 14.3 Å². The summed E-state index contributed by atoms with van der Waals surface area (Å²) in [5, 5.41) is 6.08. The highest BCUT2D eigenvalue weighted by Gasteiger charge is 2.60. The molecular weight excluding hydrogens is 352 g/mol. The summed E-state index contributed by atoms with van der Waals surface area (Å²) in [4.78, 5) is 26.4. The predicted octanol–water partition coefficient (Wildman–Crippen LogP) is 3.74. The second-order valence-electron chi connectivity index (χ2n) is 8.23. The summed E-state index contributed by atoms with van der Waals surface area (Å²) in [6.07, 6.45) is 3.86. The lowest BCUT2D eigenvalue weighted by atomic mass is 9.62. The van der Waals surface area contributed by atoms with Gasteiger partial charge in [-0.15, -0.1) is 0 Å². The quantitative estimate of drug-likeness (QED) is 0.785. The van der Waals surface area contributed by atoms with E-state index in [1.807, 2.05) is 55.5 Å². The van der Waals surface area contributed by atoms with E-state index in [9.17, 15) is 9.59 Å². The Kier molecular flexibility index (Phi) is 3.93. The molecule has 0 spiro atoms. The summed E-state index contributed by atoms with van der Waals surface area (Å²) >= 11 is 0. The Morgan fingerprint density at radius 2 is 2.04 bits per heavy atom. The molecule has 1 saturated heterocycles. The van der Waals surface area contributed by atoms with Crippen LogP contribution in [0.3, 0.4) is 0 Å². The van der Waals surface area contributed by atoms with E-state index in [-0.39, 0.29) is 23.7 Å². The zero-order valence-electron chi connectivity index (χ0n) is 15.9. The van der Waals surface area contributed by atoms with E-state index in [2.05, 4.69) is 10.6 Å². The largest absolute Gasteiger partial charge is 0.467 e. The lowest BCUT2D eigenvalue weighted by Gasteiger charge is -2.55. The lowest BCUT2D eigenvalue weighted by molar-refractivity contribution is -0.160. The maximum atomic E-state index is 13.3. The predicted molar refractivity (Wildman–Crippen MR) is 106 cm³/mol. The fourth-order valence-electron chi connectivity index (χ4n) is 5.30. The molecule has 0 aromatic heterocycles. The second-order valence-corrected chi connectivity index (χ2v) is 8.23. The fraction of sp³-hybridized carbons (Fsp3) is 0.391. The Bertz CT molecular complexity index is 956. The maximum Gasteiger partial charge on any atom is 0.237 e. The van der Waals surface area contributed by atoms with Gasteiger partial charge >= 0.3 is 0 Å². The monoisotopic (exact) mass is 376 g/mol. The number of carbonyl (C=O) groups excluding carboxylic acids is 2. The Morgan fingerprint density at radius 3 is 2.89 bits per heavy atom. The number of nitrogens with one attached hydrogen (secondary N) is 2. The summed E-state index contributed by atoms with van der Waals surface area (Å²) in [5.74, 6) is -0.501. The molecule has 0 unspecified atom stereocenters. The van der Waals surface area contributed by atoms with Gasteiger partial charge in [0.1, 0.15) is 11.7 Å². The Labute approximate surface area is 164 Å². The third-order valence-corrected chi connectivity index (χ3v) is 6.46. The molecule has 4 atom stereocenters. The van der Waals surface area contributed by atoms with Gasteiger partial charge in [0.15, 0.2) is 5.72 Å². The number of piperidine rings is 1. The molecule has 0 radical (unpaired) electrons. The molecule has 3 aliphatic rings. The number of para-hydroxylation sites is 1. The van der Waals surface area contributed by atoms with E-state index in [4.69, 9.17) is 4.74 Å². The Balaban J connectivity index is 1.55. The van der Waals surface area contributed by atoms with Crippen molar-refractivity contribution in [1.82, 2.24) is 5.32 Å². The molecule has 28 heavy (non-hydrogen) atoms. The minimum Gasteiger partial charge on any atom is -0.467 e. The minimum atomic E-state index is -0.762. The molecular formula is C23H24N2O3. The highest BCUT2D eigenvalue weighted by Crippen LogP contribution is 2.55. The van der Waals surface area contributed by atoms with Crippen LogP contribution in [0, 0.1) is 18.8 Å². The van der Waals surface area contributed by atoms with Crippen molar-refractivity contribution in [3.05, 3.63) is 59.7 Å². The number of benzene rings is 2. The van der Waals surface area contributed by atoms with Gasteiger partial charge < -0.3 is 15.4 Å². The van der Waals surface area contributed by atoms with Crippen LogP contribution >= 0.6 is 0 Å². The first-order valence-electron chi connectivity index (χ1n) is 10.0. The summed E-state index contributed by atoms with van der Waals surface area (Å²) in [6, 6.07) is 15.5. The van der Waals surface area contributed by atoms with Gasteiger partial charge in [0.25, 0.3) is 0 Å². The average molecular weight is 376 g/mol. The van der Waals surface area contributed by atoms with Crippen LogP contribution in [0.5, 0.6) is 5.75 Å². The number of hydrogen-bond acceptors (Lipinski definition) is 3. The van der Waals surface area contributed by atoms with Crippen LogP contribution < -0.4 is 15.4 Å². The normalized spacial score (nSPS) is 30.3. The van der Waals surface area contributed by atoms with E-state index in [0.29, 0.717) is 0 Å². The van der Waals surface area contributed by atoms with E-state index in [1.54, 1.807) is 0 Å². The number of aryl methyl sites for hydroxylation is 1. The van der Waals surface area contributed by atoms with Gasteiger partial charge in [0.2, 0.25) is 11.8 Å². The van der Waals surface area contributed by atoms with Gasteiger partial charge in [-0.3, -0.25) is 9.59 Å². The van der Waals surface area contributed by atoms with E-state index >= 15 is 0 Å². The molecule has 5 heteroatoms.